The zero-order valence-electron chi connectivity index (χ0n) is 18.0. The summed E-state index contributed by atoms with van der Waals surface area (Å²) in [6, 6.07) is 8.02. The van der Waals surface area contributed by atoms with Gasteiger partial charge in [-0.25, -0.2) is 14.8 Å². The van der Waals surface area contributed by atoms with Crippen LogP contribution in [0.1, 0.15) is 49.9 Å². The number of oxazole rings is 1. The van der Waals surface area contributed by atoms with Crippen LogP contribution in [0.4, 0.5) is 0 Å². The molecule has 0 spiro atoms. The van der Waals surface area contributed by atoms with Crippen molar-refractivity contribution in [2.45, 2.75) is 33.0 Å². The van der Waals surface area contributed by atoms with Gasteiger partial charge in [0, 0.05) is 44.0 Å². The van der Waals surface area contributed by atoms with Gasteiger partial charge in [-0.05, 0) is 42.7 Å². The fourth-order valence-electron chi connectivity index (χ4n) is 4.42. The number of benzene rings is 1. The van der Waals surface area contributed by atoms with E-state index < -0.39 is 0 Å². The van der Waals surface area contributed by atoms with Crippen LogP contribution in [0.15, 0.2) is 35.1 Å². The average Bonchev–Trinajstić information content (AvgIpc) is 3.41. The number of nitrogens with one attached hydrogen (secondary N) is 1. The van der Waals surface area contributed by atoms with Crippen LogP contribution < -0.4 is 5.32 Å². The maximum atomic E-state index is 11.8. The van der Waals surface area contributed by atoms with Crippen LogP contribution in [0.25, 0.3) is 11.6 Å². The molecule has 32 heavy (non-hydrogen) atoms. The lowest BCUT2D eigenvalue weighted by atomic mass is 9.93. The predicted octanol–water partition coefficient (Wildman–Crippen LogP) is 3.04. The van der Waals surface area contributed by atoms with Gasteiger partial charge in [-0.1, -0.05) is 6.07 Å². The Labute approximate surface area is 185 Å². The van der Waals surface area contributed by atoms with Crippen LogP contribution >= 0.6 is 0 Å². The first-order valence-corrected chi connectivity index (χ1v) is 10.6. The minimum Gasteiger partial charge on any atom is -0.457 e. The third-order valence-electron chi connectivity index (χ3n) is 6.23. The van der Waals surface area contributed by atoms with Crippen molar-refractivity contribution in [3.8, 4) is 17.7 Å². The Morgan fingerprint density at radius 2 is 2.22 bits per heavy atom. The SMILES string of the molecule is Cc1cc(-c2nc(CN3CCN[C@H](c4ccc5c(c4C)COC5=O)C3)co2)ncc1C#N. The van der Waals surface area contributed by atoms with Gasteiger partial charge >= 0.3 is 5.97 Å². The molecular weight excluding hydrogens is 406 g/mol. The van der Waals surface area contributed by atoms with E-state index in [1.54, 1.807) is 12.5 Å². The van der Waals surface area contributed by atoms with Crippen LogP contribution in [-0.4, -0.2) is 40.5 Å². The maximum absolute atomic E-state index is 11.8. The quantitative estimate of drug-likeness (QED) is 0.631. The van der Waals surface area contributed by atoms with Crippen molar-refractivity contribution in [1.82, 2.24) is 20.2 Å². The molecule has 0 aliphatic carbocycles. The number of hydrogen-bond acceptors (Lipinski definition) is 8. The van der Waals surface area contributed by atoms with Gasteiger partial charge in [-0.3, -0.25) is 4.90 Å². The number of pyridine rings is 1. The normalized spacial score (nSPS) is 18.3. The molecule has 3 aromatic rings. The molecule has 1 atom stereocenters. The number of hydrogen-bond donors (Lipinski definition) is 1. The largest absolute Gasteiger partial charge is 0.457 e. The molecule has 0 unspecified atom stereocenters. The number of nitriles is 1. The van der Waals surface area contributed by atoms with Gasteiger partial charge < -0.3 is 14.5 Å². The van der Waals surface area contributed by atoms with Gasteiger partial charge in [0.15, 0.2) is 0 Å². The summed E-state index contributed by atoms with van der Waals surface area (Å²) in [7, 11) is 0. The smallest absolute Gasteiger partial charge is 0.338 e. The molecule has 162 valence electrons. The molecule has 1 saturated heterocycles. The molecule has 0 saturated carbocycles. The number of piperazine rings is 1. The molecule has 0 amide bonds. The lowest BCUT2D eigenvalue weighted by Gasteiger charge is -2.34. The van der Waals surface area contributed by atoms with Gasteiger partial charge in [0.05, 0.1) is 16.8 Å². The highest BCUT2D eigenvalue weighted by atomic mass is 16.5. The van der Waals surface area contributed by atoms with E-state index in [0.717, 1.165) is 42.0 Å². The summed E-state index contributed by atoms with van der Waals surface area (Å²) >= 11 is 0. The Balaban J connectivity index is 1.30. The molecular formula is C24H23N5O3. The van der Waals surface area contributed by atoms with E-state index in [1.165, 1.54) is 5.56 Å². The molecule has 2 aliphatic heterocycles. The van der Waals surface area contributed by atoms with Crippen molar-refractivity contribution in [1.29, 1.82) is 5.26 Å². The van der Waals surface area contributed by atoms with Crippen molar-refractivity contribution in [2.75, 3.05) is 19.6 Å². The van der Waals surface area contributed by atoms with Crippen LogP contribution in [0.5, 0.6) is 0 Å². The monoisotopic (exact) mass is 429 g/mol. The maximum Gasteiger partial charge on any atom is 0.338 e. The number of cyclic esters (lactones) is 1. The highest BCUT2D eigenvalue weighted by Gasteiger charge is 2.28. The Morgan fingerprint density at radius 3 is 3.03 bits per heavy atom. The van der Waals surface area contributed by atoms with Crippen LogP contribution in [0.2, 0.25) is 0 Å². The summed E-state index contributed by atoms with van der Waals surface area (Å²) in [5.74, 6) is 0.222. The Kier molecular flexibility index (Phi) is 5.21. The van der Waals surface area contributed by atoms with Gasteiger partial charge in [0.25, 0.3) is 0 Å². The van der Waals surface area contributed by atoms with E-state index in [9.17, 15) is 4.79 Å². The molecule has 1 fully saturated rings. The summed E-state index contributed by atoms with van der Waals surface area (Å²) in [4.78, 5) is 23.1. The van der Waals surface area contributed by atoms with Gasteiger partial charge in [0.1, 0.15) is 24.6 Å². The summed E-state index contributed by atoms with van der Waals surface area (Å²) in [6.07, 6.45) is 3.22. The number of fused-ring (bicyclic) bond motifs is 1. The third kappa shape index (κ3) is 3.66. The second-order valence-corrected chi connectivity index (χ2v) is 8.26. The number of aromatic nitrogens is 2. The topological polar surface area (TPSA) is 104 Å². The number of aryl methyl sites for hydroxylation is 1. The zero-order valence-corrected chi connectivity index (χ0v) is 18.0. The van der Waals surface area contributed by atoms with Crippen LogP contribution in [0, 0.1) is 25.2 Å². The molecule has 2 aromatic heterocycles. The van der Waals surface area contributed by atoms with E-state index in [-0.39, 0.29) is 12.0 Å². The molecule has 0 bridgehead atoms. The summed E-state index contributed by atoms with van der Waals surface area (Å²) in [5.41, 5.74) is 6.86. The van der Waals surface area contributed by atoms with Crippen LogP contribution in [-0.2, 0) is 17.9 Å². The molecule has 8 nitrogen and oxygen atoms in total. The number of rotatable bonds is 4. The second-order valence-electron chi connectivity index (χ2n) is 8.26. The van der Waals surface area contributed by atoms with Gasteiger partial charge in [0.2, 0.25) is 5.89 Å². The number of ether oxygens (including phenoxy) is 1. The van der Waals surface area contributed by atoms with E-state index in [1.807, 2.05) is 25.1 Å². The van der Waals surface area contributed by atoms with Crippen molar-refractivity contribution in [2.24, 2.45) is 0 Å². The van der Waals surface area contributed by atoms with Crippen LogP contribution in [0.3, 0.4) is 0 Å². The van der Waals surface area contributed by atoms with Crippen molar-refractivity contribution >= 4 is 5.97 Å². The number of nitrogens with zero attached hydrogens (tertiary/aromatic N) is 4. The fraction of sp³-hybridized carbons (Fsp3) is 0.333. The molecule has 4 heterocycles. The number of esters is 1. The Bertz CT molecular complexity index is 1240. The molecule has 8 heteroatoms. The number of carbonyl (C=O) groups excluding carboxylic acids is 1. The average molecular weight is 429 g/mol. The first kappa shape index (κ1) is 20.4. The first-order valence-electron chi connectivity index (χ1n) is 10.6. The summed E-state index contributed by atoms with van der Waals surface area (Å²) in [5, 5.41) is 12.7. The fourth-order valence-corrected chi connectivity index (χ4v) is 4.42. The molecule has 1 aromatic carbocycles. The Hall–Kier alpha value is -3.54. The van der Waals surface area contributed by atoms with E-state index in [2.05, 4.69) is 33.2 Å². The van der Waals surface area contributed by atoms with E-state index >= 15 is 0 Å². The third-order valence-corrected chi connectivity index (χ3v) is 6.23. The van der Waals surface area contributed by atoms with Crippen molar-refractivity contribution in [3.05, 3.63) is 69.7 Å². The van der Waals surface area contributed by atoms with E-state index in [4.69, 9.17) is 14.4 Å². The Morgan fingerprint density at radius 1 is 1.34 bits per heavy atom. The van der Waals surface area contributed by atoms with Crippen molar-refractivity contribution in [3.63, 3.8) is 0 Å². The molecule has 1 N–H and O–H groups in total. The zero-order chi connectivity index (χ0) is 22.2. The number of carbonyl (C=O) groups is 1. The molecule has 5 rings (SSSR count). The highest BCUT2D eigenvalue weighted by molar-refractivity contribution is 5.94. The van der Waals surface area contributed by atoms with E-state index in [0.29, 0.717) is 35.9 Å². The molecule has 2 aliphatic rings. The van der Waals surface area contributed by atoms with Gasteiger partial charge in [-0.15, -0.1) is 0 Å². The highest BCUT2D eigenvalue weighted by Crippen LogP contribution is 2.30. The summed E-state index contributed by atoms with van der Waals surface area (Å²) < 4.78 is 10.9. The standard InChI is InChI=1S/C24H23N5O3/c1-14-7-21(27-9-16(14)8-25)23-28-17(12-31-23)10-29-6-5-26-22(11-29)18-3-4-19-20(15(18)2)13-32-24(19)30/h3-4,7,9,12,22,26H,5-6,10-11,13H2,1-2H3/t22-/m0/s1. The predicted molar refractivity (Wildman–Crippen MR) is 116 cm³/mol. The second kappa shape index (κ2) is 8.19. The first-order chi connectivity index (χ1) is 15.5. The summed E-state index contributed by atoms with van der Waals surface area (Å²) in [6.45, 7) is 7.54. The lowest BCUT2D eigenvalue weighted by Crippen LogP contribution is -2.45. The molecule has 0 radical (unpaired) electrons. The minimum absolute atomic E-state index is 0.166. The lowest BCUT2D eigenvalue weighted by molar-refractivity contribution is 0.0535. The minimum atomic E-state index is -0.235. The van der Waals surface area contributed by atoms with Crippen molar-refractivity contribution < 1.29 is 13.9 Å². The van der Waals surface area contributed by atoms with Gasteiger partial charge in [-0.2, -0.15) is 5.26 Å².